The highest BCUT2D eigenvalue weighted by Crippen LogP contribution is 2.26. The Hall–Kier alpha value is -0.610. The topological polar surface area (TPSA) is 64.3 Å². The van der Waals surface area contributed by atoms with E-state index in [1.165, 1.54) is 0 Å². The third kappa shape index (κ3) is 2.74. The van der Waals surface area contributed by atoms with E-state index < -0.39 is 0 Å². The molecule has 4 atom stereocenters. The first-order valence-electron chi connectivity index (χ1n) is 6.27. The Morgan fingerprint density at radius 3 is 2.62 bits per heavy atom. The zero-order chi connectivity index (χ0) is 11.5. The summed E-state index contributed by atoms with van der Waals surface area (Å²) in [6.07, 6.45) is 6.19. The predicted octanol–water partition coefficient (Wildman–Crippen LogP) is 0.797. The number of carbonyl (C=O) groups excluding carboxylic acids is 1. The fourth-order valence-electron chi connectivity index (χ4n) is 2.86. The van der Waals surface area contributed by atoms with Gasteiger partial charge in [-0.2, -0.15) is 0 Å². The molecule has 3 N–H and O–H groups in total. The summed E-state index contributed by atoms with van der Waals surface area (Å²) < 4.78 is 5.29. The lowest BCUT2D eigenvalue weighted by atomic mass is 10.1. The molecule has 0 aliphatic heterocycles. The molecule has 0 heterocycles. The second-order valence-electron chi connectivity index (χ2n) is 5.15. The van der Waals surface area contributed by atoms with Crippen molar-refractivity contribution in [2.24, 2.45) is 11.7 Å². The summed E-state index contributed by atoms with van der Waals surface area (Å²) in [4.78, 5) is 11.9. The van der Waals surface area contributed by atoms with Gasteiger partial charge in [-0.1, -0.05) is 0 Å². The summed E-state index contributed by atoms with van der Waals surface area (Å²) in [7, 11) is 1.74. The van der Waals surface area contributed by atoms with Crippen molar-refractivity contribution in [3.63, 3.8) is 0 Å². The van der Waals surface area contributed by atoms with E-state index in [4.69, 9.17) is 10.5 Å². The summed E-state index contributed by atoms with van der Waals surface area (Å²) in [5, 5.41) is 3.13. The van der Waals surface area contributed by atoms with E-state index in [0.717, 1.165) is 38.5 Å². The van der Waals surface area contributed by atoms with Crippen LogP contribution in [0.1, 0.15) is 38.5 Å². The summed E-state index contributed by atoms with van der Waals surface area (Å²) in [5.74, 6) is 0.353. The van der Waals surface area contributed by atoms with Crippen molar-refractivity contribution >= 4 is 5.91 Å². The van der Waals surface area contributed by atoms with Crippen LogP contribution >= 0.6 is 0 Å². The quantitative estimate of drug-likeness (QED) is 0.748. The molecule has 0 bridgehead atoms. The molecule has 4 unspecified atom stereocenters. The van der Waals surface area contributed by atoms with Crippen LogP contribution in [0.5, 0.6) is 0 Å². The average molecular weight is 226 g/mol. The molecule has 0 aromatic rings. The first-order valence-corrected chi connectivity index (χ1v) is 6.27. The molecule has 2 rings (SSSR count). The Morgan fingerprint density at radius 1 is 1.25 bits per heavy atom. The summed E-state index contributed by atoms with van der Waals surface area (Å²) >= 11 is 0. The molecule has 0 aromatic heterocycles. The number of hydrogen-bond donors (Lipinski definition) is 2. The van der Waals surface area contributed by atoms with Crippen molar-refractivity contribution < 1.29 is 9.53 Å². The van der Waals surface area contributed by atoms with Crippen LogP contribution in [0.15, 0.2) is 0 Å². The molecule has 0 aromatic carbocycles. The minimum Gasteiger partial charge on any atom is -0.381 e. The van der Waals surface area contributed by atoms with Crippen molar-refractivity contribution in [2.45, 2.75) is 56.7 Å². The van der Waals surface area contributed by atoms with E-state index in [1.54, 1.807) is 7.11 Å². The molecule has 92 valence electrons. The van der Waals surface area contributed by atoms with Gasteiger partial charge < -0.3 is 15.8 Å². The predicted molar refractivity (Wildman–Crippen MR) is 61.9 cm³/mol. The maximum atomic E-state index is 11.9. The molecule has 2 saturated carbocycles. The van der Waals surface area contributed by atoms with E-state index in [2.05, 4.69) is 5.32 Å². The first kappa shape index (κ1) is 11.9. The number of nitrogens with one attached hydrogen (secondary N) is 1. The van der Waals surface area contributed by atoms with E-state index in [1.807, 2.05) is 0 Å². The normalized spacial score (nSPS) is 38.9. The number of rotatable bonds is 3. The standard InChI is InChI=1S/C12H22N2O2/c1-16-11-5-4-10(7-11)14-12(15)8-2-3-9(13)6-8/h8-11H,2-7,13H2,1H3,(H,14,15). The highest BCUT2D eigenvalue weighted by atomic mass is 16.5. The molecule has 4 nitrogen and oxygen atoms in total. The number of hydrogen-bond acceptors (Lipinski definition) is 3. The van der Waals surface area contributed by atoms with Gasteiger partial charge in [-0.15, -0.1) is 0 Å². The highest BCUT2D eigenvalue weighted by Gasteiger charge is 2.31. The Morgan fingerprint density at radius 2 is 2.06 bits per heavy atom. The number of amides is 1. The molecular weight excluding hydrogens is 204 g/mol. The Labute approximate surface area is 96.9 Å². The van der Waals surface area contributed by atoms with E-state index in [0.29, 0.717) is 12.1 Å². The minimum absolute atomic E-state index is 0.150. The second kappa shape index (κ2) is 5.15. The van der Waals surface area contributed by atoms with Gasteiger partial charge in [0, 0.05) is 25.1 Å². The SMILES string of the molecule is COC1CCC(NC(=O)C2CCC(N)C2)C1. The van der Waals surface area contributed by atoms with Gasteiger partial charge in [-0.25, -0.2) is 0 Å². The van der Waals surface area contributed by atoms with Gasteiger partial charge in [0.15, 0.2) is 0 Å². The monoisotopic (exact) mass is 226 g/mol. The third-order valence-corrected chi connectivity index (χ3v) is 3.91. The molecular formula is C12H22N2O2. The van der Waals surface area contributed by atoms with Crippen LogP contribution in [0.4, 0.5) is 0 Å². The number of methoxy groups -OCH3 is 1. The summed E-state index contributed by atoms with van der Waals surface area (Å²) in [5.41, 5.74) is 5.81. The summed E-state index contributed by atoms with van der Waals surface area (Å²) in [6, 6.07) is 0.542. The van der Waals surface area contributed by atoms with Gasteiger partial charge >= 0.3 is 0 Å². The lowest BCUT2D eigenvalue weighted by Gasteiger charge is -2.16. The first-order chi connectivity index (χ1) is 7.69. The lowest BCUT2D eigenvalue weighted by molar-refractivity contribution is -0.125. The zero-order valence-corrected chi connectivity index (χ0v) is 9.95. The van der Waals surface area contributed by atoms with Crippen molar-refractivity contribution in [3.8, 4) is 0 Å². The summed E-state index contributed by atoms with van der Waals surface area (Å²) in [6.45, 7) is 0. The van der Waals surface area contributed by atoms with Crippen LogP contribution in [0.3, 0.4) is 0 Å². The Balaban J connectivity index is 1.75. The molecule has 0 saturated heterocycles. The maximum absolute atomic E-state index is 11.9. The minimum atomic E-state index is 0.150. The van der Waals surface area contributed by atoms with Crippen LogP contribution < -0.4 is 11.1 Å². The van der Waals surface area contributed by atoms with Crippen LogP contribution in [-0.2, 0) is 9.53 Å². The van der Waals surface area contributed by atoms with Crippen LogP contribution in [-0.4, -0.2) is 31.2 Å². The average Bonchev–Trinajstić information content (AvgIpc) is 2.87. The maximum Gasteiger partial charge on any atom is 0.223 e. The Bertz CT molecular complexity index is 257. The molecule has 2 aliphatic carbocycles. The number of nitrogens with two attached hydrogens (primary N) is 1. The van der Waals surface area contributed by atoms with Gasteiger partial charge in [-0.3, -0.25) is 4.79 Å². The molecule has 1 amide bonds. The van der Waals surface area contributed by atoms with Gasteiger partial charge in [-0.05, 0) is 38.5 Å². The molecule has 0 radical (unpaired) electrons. The second-order valence-corrected chi connectivity index (χ2v) is 5.15. The fraction of sp³-hybridized carbons (Fsp3) is 0.917. The Kier molecular flexibility index (Phi) is 3.82. The molecule has 2 fully saturated rings. The molecule has 4 heteroatoms. The third-order valence-electron chi connectivity index (χ3n) is 3.91. The van der Waals surface area contributed by atoms with Crippen molar-refractivity contribution in [3.05, 3.63) is 0 Å². The van der Waals surface area contributed by atoms with Gasteiger partial charge in [0.25, 0.3) is 0 Å². The van der Waals surface area contributed by atoms with E-state index in [9.17, 15) is 4.79 Å². The number of ether oxygens (including phenoxy) is 1. The molecule has 2 aliphatic rings. The zero-order valence-electron chi connectivity index (χ0n) is 9.95. The number of carbonyl (C=O) groups is 1. The van der Waals surface area contributed by atoms with Crippen LogP contribution in [0.25, 0.3) is 0 Å². The van der Waals surface area contributed by atoms with Gasteiger partial charge in [0.2, 0.25) is 5.91 Å². The van der Waals surface area contributed by atoms with Crippen molar-refractivity contribution in [1.29, 1.82) is 0 Å². The molecule has 0 spiro atoms. The van der Waals surface area contributed by atoms with Crippen LogP contribution in [0, 0.1) is 5.92 Å². The van der Waals surface area contributed by atoms with E-state index in [-0.39, 0.29) is 17.9 Å². The largest absolute Gasteiger partial charge is 0.381 e. The van der Waals surface area contributed by atoms with Crippen molar-refractivity contribution in [1.82, 2.24) is 5.32 Å². The van der Waals surface area contributed by atoms with Crippen LogP contribution in [0.2, 0.25) is 0 Å². The highest BCUT2D eigenvalue weighted by molar-refractivity contribution is 5.79. The fourth-order valence-corrected chi connectivity index (χ4v) is 2.86. The van der Waals surface area contributed by atoms with Crippen molar-refractivity contribution in [2.75, 3.05) is 7.11 Å². The van der Waals surface area contributed by atoms with Gasteiger partial charge in [0.1, 0.15) is 0 Å². The lowest BCUT2D eigenvalue weighted by Crippen LogP contribution is -2.37. The van der Waals surface area contributed by atoms with Gasteiger partial charge in [0.05, 0.1) is 6.10 Å². The molecule has 16 heavy (non-hydrogen) atoms. The smallest absolute Gasteiger partial charge is 0.223 e. The van der Waals surface area contributed by atoms with E-state index >= 15 is 0 Å².